The van der Waals surface area contributed by atoms with Gasteiger partial charge in [-0.1, -0.05) is 37.3 Å². The molecule has 2 rings (SSSR count). The predicted molar refractivity (Wildman–Crippen MR) is 103 cm³/mol. The third-order valence-electron chi connectivity index (χ3n) is 4.65. The molecule has 1 aliphatic heterocycles. The highest BCUT2D eigenvalue weighted by Gasteiger charge is 2.23. The Morgan fingerprint density at radius 3 is 2.56 bits per heavy atom. The topological polar surface area (TPSA) is 111 Å². The van der Waals surface area contributed by atoms with E-state index in [2.05, 4.69) is 15.5 Å². The van der Waals surface area contributed by atoms with Crippen molar-refractivity contribution in [3.63, 3.8) is 0 Å². The number of carbonyl (C=O) groups excluding carboxylic acids is 1. The van der Waals surface area contributed by atoms with E-state index in [9.17, 15) is 9.36 Å². The van der Waals surface area contributed by atoms with Crippen LogP contribution in [-0.2, 0) is 15.9 Å². The summed E-state index contributed by atoms with van der Waals surface area (Å²) in [6, 6.07) is 9.79. The third-order valence-corrected chi connectivity index (χ3v) is 5.43. The van der Waals surface area contributed by atoms with Crippen LogP contribution < -0.4 is 10.6 Å². The zero-order valence-electron chi connectivity index (χ0n) is 15.7. The van der Waals surface area contributed by atoms with Crippen LogP contribution in [0.1, 0.15) is 31.7 Å². The van der Waals surface area contributed by atoms with Crippen molar-refractivity contribution in [2.24, 2.45) is 0 Å². The monoisotopic (exact) mass is 399 g/mol. The molecule has 9 heteroatoms. The second-order valence-corrected chi connectivity index (χ2v) is 8.61. The third kappa shape index (κ3) is 8.86. The van der Waals surface area contributed by atoms with Crippen molar-refractivity contribution in [2.75, 3.05) is 25.8 Å². The Morgan fingerprint density at radius 2 is 1.96 bits per heavy atom. The lowest BCUT2D eigenvalue weighted by atomic mass is 10.0. The number of rotatable bonds is 9. The van der Waals surface area contributed by atoms with E-state index >= 15 is 0 Å². The lowest BCUT2D eigenvalue weighted by Crippen LogP contribution is -2.52. The molecule has 0 bridgehead atoms. The van der Waals surface area contributed by atoms with Crippen LogP contribution in [0, 0.1) is 0 Å². The van der Waals surface area contributed by atoms with Crippen molar-refractivity contribution in [2.45, 2.75) is 45.0 Å². The van der Waals surface area contributed by atoms with Gasteiger partial charge in [-0.25, -0.2) is 4.79 Å². The van der Waals surface area contributed by atoms with Crippen LogP contribution in [-0.4, -0.2) is 58.8 Å². The molecular weight excluding hydrogens is 369 g/mol. The molecule has 1 heterocycles. The van der Waals surface area contributed by atoms with Crippen LogP contribution in [0.3, 0.4) is 0 Å². The highest BCUT2D eigenvalue weighted by Crippen LogP contribution is 2.33. The van der Waals surface area contributed by atoms with Gasteiger partial charge in [0.2, 0.25) is 0 Å². The van der Waals surface area contributed by atoms with Crippen molar-refractivity contribution in [1.29, 1.82) is 0 Å². The largest absolute Gasteiger partial charge is 0.445 e. The highest BCUT2D eigenvalue weighted by atomic mass is 31.2. The van der Waals surface area contributed by atoms with Gasteiger partial charge in [0.25, 0.3) is 0 Å². The van der Waals surface area contributed by atoms with E-state index in [4.69, 9.17) is 14.5 Å². The summed E-state index contributed by atoms with van der Waals surface area (Å²) in [5.74, 6) is 0. The normalized spacial score (nSPS) is 17.4. The number of piperidine rings is 1. The molecule has 1 amide bonds. The second kappa shape index (κ2) is 10.8. The van der Waals surface area contributed by atoms with Crippen molar-refractivity contribution in [1.82, 2.24) is 15.5 Å². The number of benzene rings is 1. The summed E-state index contributed by atoms with van der Waals surface area (Å²) < 4.78 is 16.2. The van der Waals surface area contributed by atoms with Crippen LogP contribution in [0.4, 0.5) is 4.79 Å². The number of nitrogens with zero attached hydrogens (tertiary/aromatic N) is 1. The molecule has 0 aromatic heterocycles. The van der Waals surface area contributed by atoms with Gasteiger partial charge in [0.05, 0.1) is 12.3 Å². The number of nitrogens with one attached hydrogen (secondary N) is 2. The van der Waals surface area contributed by atoms with E-state index in [1.165, 1.54) is 0 Å². The molecule has 152 valence electrons. The summed E-state index contributed by atoms with van der Waals surface area (Å²) in [5, 5.41) is 6.29. The van der Waals surface area contributed by atoms with Gasteiger partial charge in [0, 0.05) is 12.6 Å². The standard InChI is InChI=1S/C18H30N3O5P/c1-2-17(20-18(22)26-14-15-6-4-3-5-7-15)19-16-8-10-21(11-9-16)12-13-27(23,24)25/h3-7,16-17,19H,2,8-14H2,1H3,(H,20,22)(H2,23,24,25). The number of hydrogen-bond acceptors (Lipinski definition) is 5. The van der Waals surface area contributed by atoms with E-state index in [0.29, 0.717) is 6.54 Å². The predicted octanol–water partition coefficient (Wildman–Crippen LogP) is 1.88. The highest BCUT2D eigenvalue weighted by molar-refractivity contribution is 7.51. The summed E-state index contributed by atoms with van der Waals surface area (Å²) in [6.07, 6.45) is 1.77. The Kier molecular flexibility index (Phi) is 8.73. The molecule has 1 aliphatic rings. The van der Waals surface area contributed by atoms with E-state index < -0.39 is 13.7 Å². The maximum absolute atomic E-state index is 12.0. The number of amides is 1. The molecule has 1 aromatic rings. The van der Waals surface area contributed by atoms with Gasteiger partial charge in [-0.15, -0.1) is 0 Å². The van der Waals surface area contributed by atoms with Crippen LogP contribution in [0.2, 0.25) is 0 Å². The molecule has 1 fully saturated rings. The van der Waals surface area contributed by atoms with Gasteiger partial charge < -0.3 is 24.7 Å². The van der Waals surface area contributed by atoms with E-state index in [0.717, 1.165) is 37.9 Å². The fourth-order valence-corrected chi connectivity index (χ4v) is 3.59. The maximum Gasteiger partial charge on any atom is 0.408 e. The first-order valence-electron chi connectivity index (χ1n) is 9.36. The molecule has 1 unspecified atom stereocenters. The molecule has 8 nitrogen and oxygen atoms in total. The summed E-state index contributed by atoms with van der Waals surface area (Å²) in [5.41, 5.74) is 0.941. The lowest BCUT2D eigenvalue weighted by molar-refractivity contribution is 0.129. The second-order valence-electron chi connectivity index (χ2n) is 6.84. The van der Waals surface area contributed by atoms with Gasteiger partial charge in [0.1, 0.15) is 6.61 Å². The van der Waals surface area contributed by atoms with E-state index in [-0.39, 0.29) is 25.0 Å². The summed E-state index contributed by atoms with van der Waals surface area (Å²) in [4.78, 5) is 32.0. The SMILES string of the molecule is CCC(NC(=O)OCc1ccccc1)NC1CCN(CCP(=O)(O)O)CC1. The summed E-state index contributed by atoms with van der Waals surface area (Å²) in [7, 11) is -3.94. The number of carbonyl (C=O) groups is 1. The molecule has 0 radical (unpaired) electrons. The number of alkyl carbamates (subject to hydrolysis) is 1. The van der Waals surface area contributed by atoms with Gasteiger partial charge in [-0.3, -0.25) is 9.88 Å². The average molecular weight is 399 g/mol. The first-order valence-corrected chi connectivity index (χ1v) is 11.2. The molecule has 0 aliphatic carbocycles. The van der Waals surface area contributed by atoms with Crippen molar-refractivity contribution >= 4 is 13.7 Å². The Hall–Kier alpha value is -1.44. The first kappa shape index (κ1) is 21.9. The van der Waals surface area contributed by atoms with Crippen LogP contribution >= 0.6 is 7.60 Å². The van der Waals surface area contributed by atoms with Gasteiger partial charge in [-0.05, 0) is 37.9 Å². The van der Waals surface area contributed by atoms with E-state index in [1.807, 2.05) is 37.3 Å². The van der Waals surface area contributed by atoms with Crippen molar-refractivity contribution in [3.05, 3.63) is 35.9 Å². The smallest absolute Gasteiger partial charge is 0.408 e. The fourth-order valence-electron chi connectivity index (χ4n) is 3.05. The Balaban J connectivity index is 1.67. The zero-order valence-corrected chi connectivity index (χ0v) is 16.6. The molecule has 27 heavy (non-hydrogen) atoms. The molecular formula is C18H30N3O5P. The minimum absolute atomic E-state index is 0.0997. The summed E-state index contributed by atoms with van der Waals surface area (Å²) in [6.45, 7) is 4.21. The Bertz CT molecular complexity index is 617. The van der Waals surface area contributed by atoms with Crippen LogP contribution in [0.5, 0.6) is 0 Å². The van der Waals surface area contributed by atoms with Crippen LogP contribution in [0.25, 0.3) is 0 Å². The Labute approximate surface area is 160 Å². The summed E-state index contributed by atoms with van der Waals surface area (Å²) >= 11 is 0. The lowest BCUT2D eigenvalue weighted by Gasteiger charge is -2.34. The molecule has 0 saturated carbocycles. The van der Waals surface area contributed by atoms with Gasteiger partial charge in [0.15, 0.2) is 0 Å². The van der Waals surface area contributed by atoms with Crippen molar-refractivity contribution in [3.8, 4) is 0 Å². The van der Waals surface area contributed by atoms with Crippen molar-refractivity contribution < 1.29 is 23.9 Å². The molecule has 0 spiro atoms. The quantitative estimate of drug-likeness (QED) is 0.371. The number of hydrogen-bond donors (Lipinski definition) is 4. The fraction of sp³-hybridized carbons (Fsp3) is 0.611. The zero-order chi connectivity index (χ0) is 19.7. The van der Waals surface area contributed by atoms with Gasteiger partial charge >= 0.3 is 13.7 Å². The van der Waals surface area contributed by atoms with Gasteiger partial charge in [-0.2, -0.15) is 0 Å². The molecule has 1 atom stereocenters. The first-order chi connectivity index (χ1) is 12.9. The Morgan fingerprint density at radius 1 is 1.30 bits per heavy atom. The molecule has 1 aromatic carbocycles. The average Bonchev–Trinajstić information content (AvgIpc) is 2.65. The maximum atomic E-state index is 12.0. The minimum Gasteiger partial charge on any atom is -0.445 e. The molecule has 1 saturated heterocycles. The van der Waals surface area contributed by atoms with Crippen LogP contribution in [0.15, 0.2) is 30.3 Å². The molecule has 4 N–H and O–H groups in total. The minimum atomic E-state index is -3.94. The number of ether oxygens (including phenoxy) is 1. The van der Waals surface area contributed by atoms with E-state index in [1.54, 1.807) is 0 Å². The number of likely N-dealkylation sites (tertiary alicyclic amines) is 1.